The molecule has 0 aliphatic heterocycles. The molecule has 2 aromatic carbocycles. The summed E-state index contributed by atoms with van der Waals surface area (Å²) in [5.74, 6) is 3.48. The van der Waals surface area contributed by atoms with Crippen molar-refractivity contribution in [2.45, 2.75) is 6.54 Å². The SMILES string of the molecule is C#CCn1c(=NC(=O)COc2ccc(Cl)cc2)sc2cc(OC)ccc21. The van der Waals surface area contributed by atoms with Crippen LogP contribution in [-0.2, 0) is 11.3 Å². The van der Waals surface area contributed by atoms with E-state index in [-0.39, 0.29) is 6.61 Å². The molecular weight excluding hydrogens is 372 g/mol. The zero-order chi connectivity index (χ0) is 18.5. The number of amides is 1. The zero-order valence-electron chi connectivity index (χ0n) is 13.9. The number of fused-ring (bicyclic) bond motifs is 1. The van der Waals surface area contributed by atoms with E-state index in [0.29, 0.717) is 22.1 Å². The number of halogens is 1. The summed E-state index contributed by atoms with van der Waals surface area (Å²) in [7, 11) is 1.60. The standard InChI is InChI=1S/C19H15ClN2O3S/c1-3-10-22-16-9-8-15(24-2)11-17(16)26-19(22)21-18(23)12-25-14-6-4-13(20)5-7-14/h1,4-9,11H,10,12H2,2H3. The number of carbonyl (C=O) groups is 1. The number of thiazole rings is 1. The normalized spacial score (nSPS) is 11.3. The number of ether oxygens (including phenoxy) is 2. The molecule has 3 aromatic rings. The lowest BCUT2D eigenvalue weighted by molar-refractivity contribution is -0.120. The summed E-state index contributed by atoms with van der Waals surface area (Å²) in [4.78, 5) is 16.9. The van der Waals surface area contributed by atoms with Gasteiger partial charge in [0, 0.05) is 5.02 Å². The Morgan fingerprint density at radius 2 is 2.00 bits per heavy atom. The molecule has 0 unspecified atom stereocenters. The lowest BCUT2D eigenvalue weighted by Crippen LogP contribution is -2.19. The number of hydrogen-bond acceptors (Lipinski definition) is 4. The van der Waals surface area contributed by atoms with Crippen molar-refractivity contribution in [3.8, 4) is 23.8 Å². The molecular formula is C19H15ClN2O3S. The number of terminal acetylenes is 1. The molecule has 0 radical (unpaired) electrons. The van der Waals surface area contributed by atoms with Crippen LogP contribution in [0.25, 0.3) is 10.2 Å². The predicted molar refractivity (Wildman–Crippen MR) is 103 cm³/mol. The first-order valence-electron chi connectivity index (χ1n) is 7.67. The first-order chi connectivity index (χ1) is 12.6. The molecule has 0 saturated carbocycles. The first kappa shape index (κ1) is 18.1. The molecule has 26 heavy (non-hydrogen) atoms. The Morgan fingerprint density at radius 3 is 2.69 bits per heavy atom. The average molecular weight is 387 g/mol. The second-order valence-corrected chi connectivity index (χ2v) is 6.70. The maximum absolute atomic E-state index is 12.2. The zero-order valence-corrected chi connectivity index (χ0v) is 15.5. The highest BCUT2D eigenvalue weighted by Gasteiger charge is 2.09. The highest BCUT2D eigenvalue weighted by Crippen LogP contribution is 2.23. The third kappa shape index (κ3) is 4.07. The summed E-state index contributed by atoms with van der Waals surface area (Å²) >= 11 is 7.19. The van der Waals surface area contributed by atoms with E-state index in [1.54, 1.807) is 31.4 Å². The fourth-order valence-electron chi connectivity index (χ4n) is 2.32. The van der Waals surface area contributed by atoms with Crippen LogP contribution in [0.4, 0.5) is 0 Å². The molecule has 132 valence electrons. The number of aromatic nitrogens is 1. The van der Waals surface area contributed by atoms with Gasteiger partial charge >= 0.3 is 0 Å². The van der Waals surface area contributed by atoms with Gasteiger partial charge in [-0.1, -0.05) is 28.9 Å². The van der Waals surface area contributed by atoms with Crippen molar-refractivity contribution in [2.75, 3.05) is 13.7 Å². The van der Waals surface area contributed by atoms with Crippen molar-refractivity contribution in [3.05, 3.63) is 52.3 Å². The van der Waals surface area contributed by atoms with Gasteiger partial charge in [0.15, 0.2) is 11.4 Å². The Labute approximate surface area is 159 Å². The van der Waals surface area contributed by atoms with Gasteiger partial charge in [0.2, 0.25) is 0 Å². The smallest absolute Gasteiger partial charge is 0.286 e. The van der Waals surface area contributed by atoms with Gasteiger partial charge in [-0.2, -0.15) is 4.99 Å². The van der Waals surface area contributed by atoms with Crippen molar-refractivity contribution in [1.82, 2.24) is 4.57 Å². The number of hydrogen-bond donors (Lipinski definition) is 0. The summed E-state index contributed by atoms with van der Waals surface area (Å²) in [5.41, 5.74) is 0.902. The molecule has 0 fully saturated rings. The van der Waals surface area contributed by atoms with Crippen LogP contribution in [0.3, 0.4) is 0 Å². The topological polar surface area (TPSA) is 52.8 Å². The van der Waals surface area contributed by atoms with Gasteiger partial charge in [-0.25, -0.2) is 0 Å². The molecule has 5 nitrogen and oxygen atoms in total. The van der Waals surface area contributed by atoms with E-state index in [0.717, 1.165) is 16.0 Å². The van der Waals surface area contributed by atoms with E-state index in [4.69, 9.17) is 27.5 Å². The summed E-state index contributed by atoms with van der Waals surface area (Å²) in [6.45, 7) is 0.145. The summed E-state index contributed by atoms with van der Waals surface area (Å²) in [6, 6.07) is 12.4. The quantitative estimate of drug-likeness (QED) is 0.630. The number of rotatable bonds is 5. The van der Waals surface area contributed by atoms with Crippen molar-refractivity contribution in [1.29, 1.82) is 0 Å². The number of nitrogens with zero attached hydrogens (tertiary/aromatic N) is 2. The van der Waals surface area contributed by atoms with Crippen molar-refractivity contribution in [2.24, 2.45) is 4.99 Å². The molecule has 0 aliphatic carbocycles. The molecule has 3 rings (SSSR count). The van der Waals surface area contributed by atoms with Crippen LogP contribution < -0.4 is 14.3 Å². The van der Waals surface area contributed by atoms with E-state index in [1.807, 2.05) is 22.8 Å². The van der Waals surface area contributed by atoms with Crippen LogP contribution >= 0.6 is 22.9 Å². The largest absolute Gasteiger partial charge is 0.497 e. The van der Waals surface area contributed by atoms with Crippen LogP contribution in [0.15, 0.2) is 47.5 Å². The number of methoxy groups -OCH3 is 1. The molecule has 0 spiro atoms. The monoisotopic (exact) mass is 386 g/mol. The van der Waals surface area contributed by atoms with Crippen molar-refractivity contribution < 1.29 is 14.3 Å². The van der Waals surface area contributed by atoms with Crippen LogP contribution in [0.1, 0.15) is 0 Å². The highest BCUT2D eigenvalue weighted by atomic mass is 35.5. The van der Waals surface area contributed by atoms with Gasteiger partial charge in [0.05, 0.1) is 23.9 Å². The third-order valence-corrected chi connectivity index (χ3v) is 4.83. The Hall–Kier alpha value is -2.75. The Balaban J connectivity index is 1.87. The minimum absolute atomic E-state index is 0.171. The predicted octanol–water partition coefficient (Wildman–Crippen LogP) is 3.50. The fraction of sp³-hybridized carbons (Fsp3) is 0.158. The van der Waals surface area contributed by atoms with Gasteiger partial charge in [-0.3, -0.25) is 4.79 Å². The molecule has 0 bridgehead atoms. The van der Waals surface area contributed by atoms with E-state index in [1.165, 1.54) is 11.3 Å². The van der Waals surface area contributed by atoms with Crippen molar-refractivity contribution >= 4 is 39.1 Å². The molecule has 0 N–H and O–H groups in total. The molecule has 1 aromatic heterocycles. The summed E-state index contributed by atoms with van der Waals surface area (Å²) in [5, 5.41) is 0.601. The maximum atomic E-state index is 12.2. The van der Waals surface area contributed by atoms with Crippen molar-refractivity contribution in [3.63, 3.8) is 0 Å². The summed E-state index contributed by atoms with van der Waals surface area (Å²) < 4.78 is 13.4. The molecule has 1 amide bonds. The van der Waals surface area contributed by atoms with Crippen LogP contribution in [0.5, 0.6) is 11.5 Å². The molecule has 1 heterocycles. The number of benzene rings is 2. The lowest BCUT2D eigenvalue weighted by Gasteiger charge is -2.03. The Kier molecular flexibility index (Phi) is 5.61. The first-order valence-corrected chi connectivity index (χ1v) is 8.87. The Bertz CT molecular complexity index is 1050. The van der Waals surface area contributed by atoms with E-state index < -0.39 is 5.91 Å². The average Bonchev–Trinajstić information content (AvgIpc) is 2.98. The van der Waals surface area contributed by atoms with Gasteiger partial charge in [0.25, 0.3) is 5.91 Å². The minimum atomic E-state index is -0.399. The molecule has 0 saturated heterocycles. The van der Waals surface area contributed by atoms with E-state index >= 15 is 0 Å². The second-order valence-electron chi connectivity index (χ2n) is 5.26. The second kappa shape index (κ2) is 8.09. The third-order valence-electron chi connectivity index (χ3n) is 3.54. The molecule has 7 heteroatoms. The van der Waals surface area contributed by atoms with E-state index in [2.05, 4.69) is 10.9 Å². The van der Waals surface area contributed by atoms with Gasteiger partial charge in [0.1, 0.15) is 11.5 Å². The lowest BCUT2D eigenvalue weighted by atomic mass is 10.3. The Morgan fingerprint density at radius 1 is 1.27 bits per heavy atom. The van der Waals surface area contributed by atoms with Crippen LogP contribution in [0, 0.1) is 12.3 Å². The number of carbonyl (C=O) groups excluding carboxylic acids is 1. The molecule has 0 atom stereocenters. The summed E-state index contributed by atoms with van der Waals surface area (Å²) in [6.07, 6.45) is 5.46. The maximum Gasteiger partial charge on any atom is 0.286 e. The van der Waals surface area contributed by atoms with Gasteiger partial charge < -0.3 is 14.0 Å². The van der Waals surface area contributed by atoms with E-state index in [9.17, 15) is 4.79 Å². The van der Waals surface area contributed by atoms with Crippen LogP contribution in [0.2, 0.25) is 5.02 Å². The minimum Gasteiger partial charge on any atom is -0.497 e. The van der Waals surface area contributed by atoms with Gasteiger partial charge in [-0.15, -0.1) is 6.42 Å². The molecule has 0 aliphatic rings. The highest BCUT2D eigenvalue weighted by molar-refractivity contribution is 7.16. The van der Waals surface area contributed by atoms with Gasteiger partial charge in [-0.05, 0) is 42.5 Å². The fourth-order valence-corrected chi connectivity index (χ4v) is 3.53. The van der Waals surface area contributed by atoms with Crippen LogP contribution in [-0.4, -0.2) is 24.2 Å².